The van der Waals surface area contributed by atoms with Crippen molar-refractivity contribution in [3.05, 3.63) is 58.7 Å². The number of nitriles is 1. The molecule has 0 saturated heterocycles. The summed E-state index contributed by atoms with van der Waals surface area (Å²) in [6, 6.07) is 12.6. The number of aryl methyl sites for hydroxylation is 1. The van der Waals surface area contributed by atoms with Gasteiger partial charge in [-0.2, -0.15) is 5.26 Å². The molecule has 2 saturated carbocycles. The summed E-state index contributed by atoms with van der Waals surface area (Å²) < 4.78 is 5.88. The van der Waals surface area contributed by atoms with Gasteiger partial charge in [0.1, 0.15) is 5.75 Å². The predicted molar refractivity (Wildman–Crippen MR) is 142 cm³/mol. The molecular formula is C30H33N3O6. The van der Waals surface area contributed by atoms with E-state index in [1.807, 2.05) is 6.07 Å². The van der Waals surface area contributed by atoms with E-state index in [4.69, 9.17) is 9.84 Å². The van der Waals surface area contributed by atoms with Crippen LogP contribution in [0, 0.1) is 17.2 Å². The number of anilines is 1. The molecule has 2 amide bonds. The van der Waals surface area contributed by atoms with Gasteiger partial charge >= 0.3 is 5.97 Å². The fourth-order valence-corrected chi connectivity index (χ4v) is 6.01. The van der Waals surface area contributed by atoms with Crippen molar-refractivity contribution in [3.8, 4) is 11.8 Å². The lowest BCUT2D eigenvalue weighted by atomic mass is 9.86. The number of aliphatic hydroxyl groups is 1. The average Bonchev–Trinajstić information content (AvgIpc) is 3.65. The van der Waals surface area contributed by atoms with E-state index in [-0.39, 0.29) is 36.3 Å². The van der Waals surface area contributed by atoms with E-state index in [1.54, 1.807) is 30.3 Å². The van der Waals surface area contributed by atoms with E-state index < -0.39 is 11.4 Å². The summed E-state index contributed by atoms with van der Waals surface area (Å²) in [6.07, 6.45) is 4.78. The van der Waals surface area contributed by atoms with Gasteiger partial charge in [0.05, 0.1) is 24.3 Å². The summed E-state index contributed by atoms with van der Waals surface area (Å²) in [4.78, 5) is 37.5. The smallest absolute Gasteiger partial charge is 0.303 e. The molecule has 2 aromatic rings. The number of aliphatic hydroxyl groups excluding tert-OH is 1. The molecule has 1 spiro atoms. The van der Waals surface area contributed by atoms with E-state index >= 15 is 0 Å². The number of hydrogen-bond donors (Lipinski definition) is 4. The van der Waals surface area contributed by atoms with Crippen molar-refractivity contribution in [1.29, 1.82) is 5.26 Å². The number of ether oxygens (including phenoxy) is 1. The maximum absolute atomic E-state index is 13.5. The topological polar surface area (TPSA) is 149 Å². The Hall–Kier alpha value is -3.90. The van der Waals surface area contributed by atoms with E-state index in [9.17, 15) is 24.8 Å². The molecule has 0 bridgehead atoms. The third-order valence-corrected chi connectivity index (χ3v) is 8.34. The first-order valence-corrected chi connectivity index (χ1v) is 13.6. The minimum absolute atomic E-state index is 0.0223. The summed E-state index contributed by atoms with van der Waals surface area (Å²) in [6.45, 7) is 0.483. The maximum Gasteiger partial charge on any atom is 0.303 e. The van der Waals surface area contributed by atoms with Crippen LogP contribution in [0.4, 0.5) is 5.69 Å². The van der Waals surface area contributed by atoms with Crippen molar-refractivity contribution < 1.29 is 29.3 Å². The van der Waals surface area contributed by atoms with Crippen LogP contribution in [0.3, 0.4) is 0 Å². The molecule has 39 heavy (non-hydrogen) atoms. The fraction of sp³-hybridized carbons (Fsp3) is 0.467. The second-order valence-electron chi connectivity index (χ2n) is 10.9. The zero-order chi connectivity index (χ0) is 27.6. The first-order valence-electron chi connectivity index (χ1n) is 13.6. The molecule has 0 radical (unpaired) electrons. The second-order valence-corrected chi connectivity index (χ2v) is 10.9. The number of nitrogens with one attached hydrogen (secondary N) is 2. The summed E-state index contributed by atoms with van der Waals surface area (Å²) in [5.74, 6) is -0.822. The van der Waals surface area contributed by atoms with Gasteiger partial charge in [-0.1, -0.05) is 6.07 Å². The van der Waals surface area contributed by atoms with Crippen molar-refractivity contribution in [3.63, 3.8) is 0 Å². The highest BCUT2D eigenvalue weighted by Gasteiger charge is 2.61. The number of fused-ring (bicyclic) bond motifs is 2. The van der Waals surface area contributed by atoms with Crippen LogP contribution in [0.15, 0.2) is 36.4 Å². The average molecular weight is 532 g/mol. The minimum atomic E-state index is -0.877. The Labute approximate surface area is 227 Å². The molecule has 4 N–H and O–H groups in total. The minimum Gasteiger partial charge on any atom is -0.493 e. The third-order valence-electron chi connectivity index (χ3n) is 8.34. The molecule has 2 atom stereocenters. The second kappa shape index (κ2) is 11.1. The standard InChI is InChI=1S/C30H33N3O6/c31-17-18-4-5-19(2-1-3-27(35)36)25(14-18)33-29(38)24-16-30(24)12-13-39-26-11-6-20(15-23(26)30)28(37)32-21-7-9-22(34)10-8-21/h4-6,11,14-15,21-22,24,34H,1-3,7-10,12-13,16H2,(H,32,37)(H,33,38)(H,35,36)/t21-,22-,24-,30-/m0/s1. The van der Waals surface area contributed by atoms with Crippen molar-refractivity contribution in [2.24, 2.45) is 5.92 Å². The van der Waals surface area contributed by atoms with Gasteiger partial charge < -0.3 is 25.6 Å². The highest BCUT2D eigenvalue weighted by atomic mass is 16.5. The van der Waals surface area contributed by atoms with Crippen LogP contribution in [0.2, 0.25) is 0 Å². The Bertz CT molecular complexity index is 1330. The third kappa shape index (κ3) is 5.76. The summed E-state index contributed by atoms with van der Waals surface area (Å²) >= 11 is 0. The lowest BCUT2D eigenvalue weighted by molar-refractivity contribution is -0.137. The summed E-state index contributed by atoms with van der Waals surface area (Å²) in [7, 11) is 0. The zero-order valence-electron chi connectivity index (χ0n) is 21.7. The van der Waals surface area contributed by atoms with Gasteiger partial charge in [0.25, 0.3) is 5.91 Å². The van der Waals surface area contributed by atoms with E-state index in [2.05, 4.69) is 16.7 Å². The van der Waals surface area contributed by atoms with E-state index in [0.29, 0.717) is 67.7 Å². The van der Waals surface area contributed by atoms with Crippen LogP contribution in [-0.2, 0) is 21.4 Å². The Morgan fingerprint density at radius 1 is 1.10 bits per heavy atom. The number of carboxylic acids is 1. The molecule has 3 aliphatic rings. The van der Waals surface area contributed by atoms with Gasteiger partial charge in [-0.25, -0.2) is 0 Å². The Kier molecular flexibility index (Phi) is 7.58. The normalized spacial score (nSPS) is 25.1. The van der Waals surface area contributed by atoms with Gasteiger partial charge in [0, 0.05) is 40.6 Å². The molecular weight excluding hydrogens is 498 g/mol. The molecule has 0 unspecified atom stereocenters. The lowest BCUT2D eigenvalue weighted by Gasteiger charge is -2.28. The van der Waals surface area contributed by atoms with Crippen molar-refractivity contribution in [1.82, 2.24) is 5.32 Å². The molecule has 2 aliphatic carbocycles. The molecule has 9 nitrogen and oxygen atoms in total. The fourth-order valence-electron chi connectivity index (χ4n) is 6.01. The molecule has 0 aromatic heterocycles. The molecule has 9 heteroatoms. The molecule has 2 fully saturated rings. The lowest BCUT2D eigenvalue weighted by Crippen LogP contribution is -2.38. The highest BCUT2D eigenvalue weighted by molar-refractivity contribution is 5.98. The molecule has 204 valence electrons. The quantitative estimate of drug-likeness (QED) is 0.406. The molecule has 5 rings (SSSR count). The van der Waals surface area contributed by atoms with Crippen LogP contribution < -0.4 is 15.4 Å². The van der Waals surface area contributed by atoms with E-state index in [0.717, 1.165) is 24.0 Å². The monoisotopic (exact) mass is 531 g/mol. The first-order chi connectivity index (χ1) is 18.8. The summed E-state index contributed by atoms with van der Waals surface area (Å²) in [5, 5.41) is 34.2. The Morgan fingerprint density at radius 2 is 1.90 bits per heavy atom. The van der Waals surface area contributed by atoms with Gasteiger partial charge in [0.2, 0.25) is 5.91 Å². The number of carboxylic acid groups (broad SMARTS) is 1. The number of benzene rings is 2. The molecule has 2 aromatic carbocycles. The Morgan fingerprint density at radius 3 is 2.64 bits per heavy atom. The van der Waals surface area contributed by atoms with Crippen molar-refractivity contribution in [2.45, 2.75) is 75.3 Å². The highest BCUT2D eigenvalue weighted by Crippen LogP contribution is 2.61. The van der Waals surface area contributed by atoms with Crippen LogP contribution in [-0.4, -0.2) is 46.7 Å². The van der Waals surface area contributed by atoms with Crippen molar-refractivity contribution >= 4 is 23.5 Å². The molecule has 1 aliphatic heterocycles. The number of rotatable bonds is 8. The Balaban J connectivity index is 1.31. The first kappa shape index (κ1) is 26.7. The number of nitrogens with zero attached hydrogens (tertiary/aromatic N) is 1. The van der Waals surface area contributed by atoms with Gasteiger partial charge in [-0.05, 0) is 87.3 Å². The number of aliphatic carboxylic acids is 1. The van der Waals surface area contributed by atoms with Gasteiger partial charge in [-0.3, -0.25) is 14.4 Å². The number of hydrogen-bond acceptors (Lipinski definition) is 6. The number of carbonyl (C=O) groups excluding carboxylic acids is 2. The van der Waals surface area contributed by atoms with Crippen molar-refractivity contribution in [2.75, 3.05) is 11.9 Å². The largest absolute Gasteiger partial charge is 0.493 e. The van der Waals surface area contributed by atoms with E-state index in [1.165, 1.54) is 0 Å². The SMILES string of the molecule is N#Cc1ccc(CCCC(=O)O)c(NC(=O)[C@@H]2C[C@]23CCOc2ccc(C(=O)N[C@H]4CC[C@H](O)CC4)cc23)c1. The van der Waals surface area contributed by atoms with Crippen LogP contribution in [0.5, 0.6) is 5.75 Å². The van der Waals surface area contributed by atoms with Gasteiger partial charge in [0.15, 0.2) is 0 Å². The van der Waals surface area contributed by atoms with Gasteiger partial charge in [-0.15, -0.1) is 0 Å². The van der Waals surface area contributed by atoms with Crippen LogP contribution in [0.25, 0.3) is 0 Å². The van der Waals surface area contributed by atoms with Crippen LogP contribution >= 0.6 is 0 Å². The summed E-state index contributed by atoms with van der Waals surface area (Å²) in [5.41, 5.74) is 2.71. The maximum atomic E-state index is 13.5. The number of amides is 2. The predicted octanol–water partition coefficient (Wildman–Crippen LogP) is 3.68. The number of carbonyl (C=O) groups is 3. The molecule has 1 heterocycles. The zero-order valence-corrected chi connectivity index (χ0v) is 21.7. The van der Waals surface area contributed by atoms with Crippen LogP contribution in [0.1, 0.15) is 78.4 Å².